The van der Waals surface area contributed by atoms with Gasteiger partial charge in [0.1, 0.15) is 5.82 Å². The average Bonchev–Trinajstić information content (AvgIpc) is 2.73. The summed E-state index contributed by atoms with van der Waals surface area (Å²) >= 11 is 3.09. The molecule has 0 saturated carbocycles. The van der Waals surface area contributed by atoms with E-state index in [4.69, 9.17) is 9.47 Å². The molecular weight excluding hydrogens is 339 g/mol. The second-order valence-corrected chi connectivity index (χ2v) is 5.52. The van der Waals surface area contributed by atoms with E-state index in [2.05, 4.69) is 15.9 Å². The number of carbonyl (C=O) groups excluding carboxylic acids is 1. The van der Waals surface area contributed by atoms with E-state index in [1.54, 1.807) is 18.2 Å². The minimum absolute atomic E-state index is 0.189. The van der Waals surface area contributed by atoms with Gasteiger partial charge < -0.3 is 9.47 Å². The molecule has 0 bridgehead atoms. The Morgan fingerprint density at radius 2 is 1.67 bits per heavy atom. The van der Waals surface area contributed by atoms with E-state index in [0.717, 1.165) is 6.42 Å². The highest BCUT2D eigenvalue weighted by molar-refractivity contribution is 9.10. The number of halogens is 2. The van der Waals surface area contributed by atoms with Crippen molar-refractivity contribution in [3.05, 3.63) is 57.8 Å². The molecule has 0 unspecified atom stereocenters. The molecule has 0 aliphatic carbocycles. The molecule has 1 aliphatic rings. The lowest BCUT2D eigenvalue weighted by molar-refractivity contribution is 0.103. The number of benzene rings is 2. The van der Waals surface area contributed by atoms with Crippen LogP contribution in [0, 0.1) is 5.82 Å². The summed E-state index contributed by atoms with van der Waals surface area (Å²) in [6, 6.07) is 9.28. The number of hydrogen-bond donors (Lipinski definition) is 0. The summed E-state index contributed by atoms with van der Waals surface area (Å²) < 4.78 is 24.6. The normalized spacial score (nSPS) is 13.6. The Kier molecular flexibility index (Phi) is 3.92. The molecule has 0 atom stereocenters. The Bertz CT molecular complexity index is 700. The molecule has 0 spiro atoms. The van der Waals surface area contributed by atoms with Gasteiger partial charge in [0.05, 0.1) is 17.7 Å². The van der Waals surface area contributed by atoms with Crippen molar-refractivity contribution < 1.29 is 18.7 Å². The smallest absolute Gasteiger partial charge is 0.193 e. The quantitative estimate of drug-likeness (QED) is 0.768. The van der Waals surface area contributed by atoms with E-state index in [0.29, 0.717) is 35.8 Å². The van der Waals surface area contributed by atoms with Crippen molar-refractivity contribution in [2.45, 2.75) is 6.42 Å². The van der Waals surface area contributed by atoms with Gasteiger partial charge in [-0.2, -0.15) is 0 Å². The topological polar surface area (TPSA) is 35.5 Å². The number of carbonyl (C=O) groups is 1. The SMILES string of the molecule is O=C(c1ccc(F)c(Br)c1)c1ccc2c(c1)OCCCO2. The molecule has 0 radical (unpaired) electrons. The molecule has 1 heterocycles. The van der Waals surface area contributed by atoms with Gasteiger partial charge in [-0.25, -0.2) is 4.39 Å². The third-order valence-corrected chi connectivity index (χ3v) is 3.80. The molecule has 21 heavy (non-hydrogen) atoms. The van der Waals surface area contributed by atoms with Crippen molar-refractivity contribution in [3.63, 3.8) is 0 Å². The Hall–Kier alpha value is -1.88. The molecular formula is C16H12BrFO3. The van der Waals surface area contributed by atoms with Crippen LogP contribution in [0.3, 0.4) is 0 Å². The summed E-state index contributed by atoms with van der Waals surface area (Å²) in [5.41, 5.74) is 0.899. The van der Waals surface area contributed by atoms with Gasteiger partial charge in [0.25, 0.3) is 0 Å². The van der Waals surface area contributed by atoms with Gasteiger partial charge in [-0.05, 0) is 52.3 Å². The van der Waals surface area contributed by atoms with Crippen molar-refractivity contribution in [2.24, 2.45) is 0 Å². The zero-order chi connectivity index (χ0) is 14.8. The predicted octanol–water partition coefficient (Wildman–Crippen LogP) is 3.98. The minimum atomic E-state index is -0.398. The first-order valence-corrected chi connectivity index (χ1v) is 7.34. The number of ketones is 1. The van der Waals surface area contributed by atoms with Gasteiger partial charge in [0.15, 0.2) is 17.3 Å². The maximum Gasteiger partial charge on any atom is 0.193 e. The van der Waals surface area contributed by atoms with Gasteiger partial charge in [0, 0.05) is 17.5 Å². The number of ether oxygens (including phenoxy) is 2. The van der Waals surface area contributed by atoms with E-state index in [-0.39, 0.29) is 10.3 Å². The van der Waals surface area contributed by atoms with Crippen LogP contribution in [0.25, 0.3) is 0 Å². The lowest BCUT2D eigenvalue weighted by atomic mass is 10.0. The Morgan fingerprint density at radius 1 is 1.00 bits per heavy atom. The van der Waals surface area contributed by atoms with Crippen LogP contribution in [0.1, 0.15) is 22.3 Å². The highest BCUT2D eigenvalue weighted by atomic mass is 79.9. The lowest BCUT2D eigenvalue weighted by Gasteiger charge is -2.09. The summed E-state index contributed by atoms with van der Waals surface area (Å²) in [6.45, 7) is 1.16. The van der Waals surface area contributed by atoms with Gasteiger partial charge in [0.2, 0.25) is 0 Å². The Morgan fingerprint density at radius 3 is 2.43 bits per heavy atom. The van der Waals surface area contributed by atoms with Crippen LogP contribution in [-0.4, -0.2) is 19.0 Å². The molecule has 0 amide bonds. The maximum atomic E-state index is 13.2. The van der Waals surface area contributed by atoms with Gasteiger partial charge in [-0.3, -0.25) is 4.79 Å². The molecule has 3 rings (SSSR count). The van der Waals surface area contributed by atoms with Crippen molar-refractivity contribution in [2.75, 3.05) is 13.2 Å². The second-order valence-electron chi connectivity index (χ2n) is 4.67. The third kappa shape index (κ3) is 2.93. The Labute approximate surface area is 129 Å². The van der Waals surface area contributed by atoms with Crippen LogP contribution in [0.5, 0.6) is 11.5 Å². The van der Waals surface area contributed by atoms with E-state index >= 15 is 0 Å². The van der Waals surface area contributed by atoms with Crippen LogP contribution in [-0.2, 0) is 0 Å². The van der Waals surface area contributed by atoms with Crippen molar-refractivity contribution >= 4 is 21.7 Å². The van der Waals surface area contributed by atoms with Gasteiger partial charge >= 0.3 is 0 Å². The highest BCUT2D eigenvalue weighted by Crippen LogP contribution is 2.31. The molecule has 0 saturated heterocycles. The standard InChI is InChI=1S/C16H12BrFO3/c17-12-8-10(2-4-13(12)18)16(19)11-3-5-14-15(9-11)21-7-1-6-20-14/h2-5,8-9H,1,6-7H2. The minimum Gasteiger partial charge on any atom is -0.490 e. The molecule has 108 valence electrons. The lowest BCUT2D eigenvalue weighted by Crippen LogP contribution is -2.03. The van der Waals surface area contributed by atoms with Crippen LogP contribution in [0.4, 0.5) is 4.39 Å². The molecule has 0 fully saturated rings. The first-order chi connectivity index (χ1) is 10.1. The first kappa shape index (κ1) is 14.1. The van der Waals surface area contributed by atoms with Crippen molar-refractivity contribution in [1.82, 2.24) is 0 Å². The van der Waals surface area contributed by atoms with E-state index in [1.165, 1.54) is 18.2 Å². The summed E-state index contributed by atoms with van der Waals surface area (Å²) in [6.07, 6.45) is 0.808. The fourth-order valence-electron chi connectivity index (χ4n) is 2.11. The predicted molar refractivity (Wildman–Crippen MR) is 79.6 cm³/mol. The van der Waals surface area contributed by atoms with Crippen LogP contribution < -0.4 is 9.47 Å². The first-order valence-electron chi connectivity index (χ1n) is 6.54. The van der Waals surface area contributed by atoms with Crippen molar-refractivity contribution in [3.8, 4) is 11.5 Å². The molecule has 2 aromatic carbocycles. The molecule has 0 aromatic heterocycles. The maximum absolute atomic E-state index is 13.2. The van der Waals surface area contributed by atoms with Gasteiger partial charge in [-0.15, -0.1) is 0 Å². The monoisotopic (exact) mass is 350 g/mol. The van der Waals surface area contributed by atoms with Crippen LogP contribution in [0.15, 0.2) is 40.9 Å². The fraction of sp³-hybridized carbons (Fsp3) is 0.188. The summed E-state index contributed by atoms with van der Waals surface area (Å²) in [5.74, 6) is 0.625. The van der Waals surface area contributed by atoms with E-state index in [9.17, 15) is 9.18 Å². The van der Waals surface area contributed by atoms with Gasteiger partial charge in [-0.1, -0.05) is 0 Å². The largest absolute Gasteiger partial charge is 0.490 e. The van der Waals surface area contributed by atoms with E-state index in [1.807, 2.05) is 0 Å². The summed E-state index contributed by atoms with van der Waals surface area (Å²) in [7, 11) is 0. The zero-order valence-electron chi connectivity index (χ0n) is 11.1. The van der Waals surface area contributed by atoms with Crippen molar-refractivity contribution in [1.29, 1.82) is 0 Å². The third-order valence-electron chi connectivity index (χ3n) is 3.19. The molecule has 3 nitrogen and oxygen atoms in total. The molecule has 2 aromatic rings. The van der Waals surface area contributed by atoms with Crippen LogP contribution >= 0.6 is 15.9 Å². The fourth-order valence-corrected chi connectivity index (χ4v) is 2.49. The van der Waals surface area contributed by atoms with Crippen LogP contribution in [0.2, 0.25) is 0 Å². The number of fused-ring (bicyclic) bond motifs is 1. The van der Waals surface area contributed by atoms with E-state index < -0.39 is 5.82 Å². The molecule has 1 aliphatic heterocycles. The second kappa shape index (κ2) is 5.85. The molecule has 0 N–H and O–H groups in total. The highest BCUT2D eigenvalue weighted by Gasteiger charge is 2.16. The summed E-state index contributed by atoms with van der Waals surface area (Å²) in [4.78, 5) is 12.4. The number of hydrogen-bond acceptors (Lipinski definition) is 3. The Balaban J connectivity index is 1.94. The molecule has 5 heteroatoms. The summed E-state index contributed by atoms with van der Waals surface area (Å²) in [5, 5.41) is 0. The zero-order valence-corrected chi connectivity index (χ0v) is 12.7. The number of rotatable bonds is 2. The average molecular weight is 351 g/mol.